The summed E-state index contributed by atoms with van der Waals surface area (Å²) in [5.74, 6) is -0.0887. The second-order valence-corrected chi connectivity index (χ2v) is 7.67. The second-order valence-electron chi connectivity index (χ2n) is 4.50. The number of thiazole rings is 1. The molecule has 10 heteroatoms. The lowest BCUT2D eigenvalue weighted by molar-refractivity contribution is -0.384. The minimum Gasteiger partial charge on any atom is -0.316 e. The summed E-state index contributed by atoms with van der Waals surface area (Å²) >= 11 is 3.85. The summed E-state index contributed by atoms with van der Waals surface area (Å²) in [6.45, 7) is 0. The van der Waals surface area contributed by atoms with E-state index in [1.54, 1.807) is 17.5 Å². The first-order chi connectivity index (χ1) is 11.6. The van der Waals surface area contributed by atoms with Gasteiger partial charge in [0.25, 0.3) is 5.69 Å². The van der Waals surface area contributed by atoms with Crippen LogP contribution in [0.15, 0.2) is 34.0 Å². The van der Waals surface area contributed by atoms with Crippen LogP contribution >= 0.6 is 34.4 Å². The number of non-ortho nitro benzene ring substituents is 1. The first kappa shape index (κ1) is 16.4. The van der Waals surface area contributed by atoms with Gasteiger partial charge in [-0.2, -0.15) is 5.26 Å². The van der Waals surface area contributed by atoms with Gasteiger partial charge >= 0.3 is 0 Å². The molecule has 2 heterocycles. The summed E-state index contributed by atoms with van der Waals surface area (Å²) in [7, 11) is 0. The molecule has 0 bridgehead atoms. The number of nitrogens with zero attached hydrogens (tertiary/aromatic N) is 3. The molecule has 0 unspecified atom stereocenters. The van der Waals surface area contributed by atoms with Crippen LogP contribution < -0.4 is 5.32 Å². The zero-order chi connectivity index (χ0) is 17.1. The number of thiophene rings is 1. The van der Waals surface area contributed by atoms with Gasteiger partial charge in [0, 0.05) is 12.1 Å². The summed E-state index contributed by atoms with van der Waals surface area (Å²) in [5, 5.41) is 24.7. The average molecular weight is 376 g/mol. The quantitative estimate of drug-likeness (QED) is 0.411. The van der Waals surface area contributed by atoms with Gasteiger partial charge in [-0.05, 0) is 17.5 Å². The van der Waals surface area contributed by atoms with Gasteiger partial charge in [-0.15, -0.1) is 22.7 Å². The van der Waals surface area contributed by atoms with Gasteiger partial charge < -0.3 is 5.32 Å². The molecule has 1 aromatic carbocycles. The number of nitriles is 1. The molecule has 24 heavy (non-hydrogen) atoms. The largest absolute Gasteiger partial charge is 0.316 e. The molecule has 2 aromatic heterocycles. The fourth-order valence-electron chi connectivity index (χ4n) is 1.85. The number of hydrogen-bond donors (Lipinski definition) is 1. The van der Waals surface area contributed by atoms with E-state index in [1.165, 1.54) is 46.6 Å². The van der Waals surface area contributed by atoms with E-state index in [2.05, 4.69) is 10.3 Å². The van der Waals surface area contributed by atoms with Gasteiger partial charge in [-0.25, -0.2) is 4.98 Å². The Balaban J connectivity index is 1.66. The number of aromatic nitrogens is 1. The topological polar surface area (TPSA) is 109 Å². The van der Waals surface area contributed by atoms with Gasteiger partial charge in [0.05, 0.1) is 26.5 Å². The molecule has 7 nitrogen and oxygen atoms in total. The van der Waals surface area contributed by atoms with E-state index in [0.29, 0.717) is 25.1 Å². The summed E-state index contributed by atoms with van der Waals surface area (Å²) in [4.78, 5) is 26.6. The predicted molar refractivity (Wildman–Crippen MR) is 94.7 cm³/mol. The first-order valence-electron chi connectivity index (χ1n) is 6.52. The Morgan fingerprint density at radius 3 is 3.04 bits per heavy atom. The predicted octanol–water partition coefficient (Wildman–Crippen LogP) is 3.87. The third-order valence-corrected chi connectivity index (χ3v) is 5.92. The molecule has 0 saturated carbocycles. The molecule has 1 N–H and O–H groups in total. The zero-order valence-corrected chi connectivity index (χ0v) is 14.3. The van der Waals surface area contributed by atoms with Crippen molar-refractivity contribution in [1.82, 2.24) is 4.98 Å². The number of nitro groups is 1. The maximum atomic E-state index is 12.0. The van der Waals surface area contributed by atoms with Gasteiger partial charge in [-0.3, -0.25) is 14.9 Å². The molecule has 0 aliphatic rings. The standard InChI is InChI=1S/C14H8N4O3S3/c15-6-8-3-4-22-13(8)17-12(19)7-23-14-16-10-2-1-9(18(20)21)5-11(10)24-14/h1-5H,7H2,(H,17,19). The number of benzene rings is 1. The fraction of sp³-hybridized carbons (Fsp3) is 0.0714. The highest BCUT2D eigenvalue weighted by Gasteiger charge is 2.13. The molecular formula is C14H8N4O3S3. The van der Waals surface area contributed by atoms with Gasteiger partial charge in [0.15, 0.2) is 4.34 Å². The molecular weight excluding hydrogens is 368 g/mol. The number of nitrogens with one attached hydrogen (secondary N) is 1. The van der Waals surface area contributed by atoms with Crippen LogP contribution in [0.5, 0.6) is 0 Å². The maximum absolute atomic E-state index is 12.0. The Morgan fingerprint density at radius 1 is 1.46 bits per heavy atom. The Morgan fingerprint density at radius 2 is 2.29 bits per heavy atom. The van der Waals surface area contributed by atoms with Crippen molar-refractivity contribution in [2.75, 3.05) is 11.1 Å². The third kappa shape index (κ3) is 3.53. The molecule has 120 valence electrons. The van der Waals surface area contributed by atoms with Crippen molar-refractivity contribution >= 4 is 61.2 Å². The number of carbonyl (C=O) groups is 1. The van der Waals surface area contributed by atoms with Crippen molar-refractivity contribution in [3.8, 4) is 6.07 Å². The zero-order valence-electron chi connectivity index (χ0n) is 11.9. The second kappa shape index (κ2) is 6.96. The smallest absolute Gasteiger partial charge is 0.270 e. The summed E-state index contributed by atoms with van der Waals surface area (Å²) in [5.41, 5.74) is 1.12. The van der Waals surface area contributed by atoms with Crippen molar-refractivity contribution in [1.29, 1.82) is 5.26 Å². The lowest BCUT2D eigenvalue weighted by atomic mass is 10.3. The number of amides is 1. The molecule has 0 aliphatic heterocycles. The van der Waals surface area contributed by atoms with E-state index in [-0.39, 0.29) is 17.3 Å². The minimum absolute atomic E-state index is 0.0159. The number of fused-ring (bicyclic) bond motifs is 1. The molecule has 0 radical (unpaired) electrons. The van der Waals surface area contributed by atoms with Crippen molar-refractivity contribution < 1.29 is 9.72 Å². The molecule has 0 saturated heterocycles. The lowest BCUT2D eigenvalue weighted by Gasteiger charge is -2.01. The van der Waals surface area contributed by atoms with Crippen LogP contribution in [0.3, 0.4) is 0 Å². The molecule has 0 fully saturated rings. The maximum Gasteiger partial charge on any atom is 0.270 e. The van der Waals surface area contributed by atoms with Crippen molar-refractivity contribution in [3.05, 3.63) is 45.3 Å². The third-order valence-electron chi connectivity index (χ3n) is 2.93. The van der Waals surface area contributed by atoms with Crippen molar-refractivity contribution in [2.45, 2.75) is 4.34 Å². The highest BCUT2D eigenvalue weighted by molar-refractivity contribution is 8.01. The molecule has 3 rings (SSSR count). The minimum atomic E-state index is -0.451. The Bertz CT molecular complexity index is 973. The number of hydrogen-bond acceptors (Lipinski definition) is 8. The fourth-order valence-corrected chi connectivity index (χ4v) is 4.51. The van der Waals surface area contributed by atoms with Gasteiger partial charge in [0.1, 0.15) is 11.1 Å². The summed E-state index contributed by atoms with van der Waals surface area (Å²) in [6, 6.07) is 8.13. The molecule has 1 amide bonds. The monoisotopic (exact) mass is 376 g/mol. The number of anilines is 1. The highest BCUT2D eigenvalue weighted by Crippen LogP contribution is 2.32. The van der Waals surface area contributed by atoms with E-state index in [0.717, 1.165) is 0 Å². The molecule has 3 aromatic rings. The summed E-state index contributed by atoms with van der Waals surface area (Å²) < 4.78 is 1.37. The molecule has 0 aliphatic carbocycles. The van der Waals surface area contributed by atoms with Crippen LogP contribution in [0, 0.1) is 21.4 Å². The SMILES string of the molecule is N#Cc1ccsc1NC(=O)CSc1nc2ccc([N+](=O)[O-])cc2s1. The van der Waals surface area contributed by atoms with E-state index < -0.39 is 4.92 Å². The van der Waals surface area contributed by atoms with Crippen LogP contribution in [0.4, 0.5) is 10.7 Å². The van der Waals surface area contributed by atoms with Crippen LogP contribution in [0.2, 0.25) is 0 Å². The van der Waals surface area contributed by atoms with E-state index in [1.807, 2.05) is 6.07 Å². The Hall–Kier alpha value is -2.48. The number of rotatable bonds is 5. The number of carbonyl (C=O) groups excluding carboxylic acids is 1. The lowest BCUT2D eigenvalue weighted by Crippen LogP contribution is -2.13. The first-order valence-corrected chi connectivity index (χ1v) is 9.20. The Labute approximate surface area is 148 Å². The van der Waals surface area contributed by atoms with E-state index in [9.17, 15) is 14.9 Å². The number of thioether (sulfide) groups is 1. The van der Waals surface area contributed by atoms with E-state index >= 15 is 0 Å². The highest BCUT2D eigenvalue weighted by atomic mass is 32.2. The number of nitro benzene ring substituents is 1. The van der Waals surface area contributed by atoms with Crippen molar-refractivity contribution in [2.24, 2.45) is 0 Å². The van der Waals surface area contributed by atoms with Crippen LogP contribution in [-0.4, -0.2) is 21.6 Å². The van der Waals surface area contributed by atoms with Crippen LogP contribution in [0.1, 0.15) is 5.56 Å². The van der Waals surface area contributed by atoms with Gasteiger partial charge in [-0.1, -0.05) is 11.8 Å². The van der Waals surface area contributed by atoms with Crippen LogP contribution in [-0.2, 0) is 4.79 Å². The summed E-state index contributed by atoms with van der Waals surface area (Å²) in [6.07, 6.45) is 0. The molecule has 0 atom stereocenters. The van der Waals surface area contributed by atoms with Crippen LogP contribution in [0.25, 0.3) is 10.2 Å². The average Bonchev–Trinajstić information content (AvgIpc) is 3.17. The molecule has 0 spiro atoms. The normalized spacial score (nSPS) is 10.5. The van der Waals surface area contributed by atoms with Gasteiger partial charge in [0.2, 0.25) is 5.91 Å². The Kier molecular flexibility index (Phi) is 4.75. The van der Waals surface area contributed by atoms with E-state index in [4.69, 9.17) is 5.26 Å². The van der Waals surface area contributed by atoms with Crippen molar-refractivity contribution in [3.63, 3.8) is 0 Å².